The summed E-state index contributed by atoms with van der Waals surface area (Å²) in [7, 11) is 0. The number of aromatic hydroxyl groups is 1. The number of benzene rings is 1. The lowest BCUT2D eigenvalue weighted by Crippen LogP contribution is -2.42. The second-order valence-electron chi connectivity index (χ2n) is 5.48. The number of fused-ring (bicyclic) bond motifs is 1. The van der Waals surface area contributed by atoms with Crippen LogP contribution in [0.3, 0.4) is 0 Å². The van der Waals surface area contributed by atoms with E-state index in [1.807, 2.05) is 12.1 Å². The smallest absolute Gasteiger partial charge is 0.232 e. The van der Waals surface area contributed by atoms with Crippen molar-refractivity contribution in [1.82, 2.24) is 0 Å². The molecule has 2 atom stereocenters. The summed E-state index contributed by atoms with van der Waals surface area (Å²) in [6.45, 7) is 0.632. The van der Waals surface area contributed by atoms with Crippen LogP contribution in [-0.2, 0) is 11.2 Å². The molecule has 0 radical (unpaired) electrons. The molecule has 1 amide bonds. The monoisotopic (exact) mass is 261 g/mol. The first-order chi connectivity index (χ1) is 9.18. The van der Waals surface area contributed by atoms with Crippen molar-refractivity contribution in [1.29, 1.82) is 0 Å². The van der Waals surface area contributed by atoms with E-state index in [0.717, 1.165) is 31.2 Å². The fourth-order valence-corrected chi connectivity index (χ4v) is 3.28. The summed E-state index contributed by atoms with van der Waals surface area (Å²) in [6.07, 6.45) is 3.63. The van der Waals surface area contributed by atoms with Crippen LogP contribution in [0.15, 0.2) is 18.2 Å². The van der Waals surface area contributed by atoms with Gasteiger partial charge in [-0.1, -0.05) is 12.1 Å². The van der Waals surface area contributed by atoms with Crippen molar-refractivity contribution in [2.75, 3.05) is 11.4 Å². The van der Waals surface area contributed by atoms with Gasteiger partial charge in [0.15, 0.2) is 0 Å². The van der Waals surface area contributed by atoms with E-state index in [1.54, 1.807) is 11.0 Å². The number of aryl methyl sites for hydroxylation is 1. The molecule has 1 saturated carbocycles. The Morgan fingerprint density at radius 3 is 2.84 bits per heavy atom. The zero-order valence-electron chi connectivity index (χ0n) is 10.9. The molecule has 2 N–H and O–H groups in total. The first-order valence-electron chi connectivity index (χ1n) is 6.99. The highest BCUT2D eigenvalue weighted by atomic mass is 16.3. The van der Waals surface area contributed by atoms with Gasteiger partial charge in [-0.05, 0) is 43.7 Å². The van der Waals surface area contributed by atoms with Crippen molar-refractivity contribution in [2.24, 2.45) is 5.92 Å². The number of phenolic OH excluding ortho intramolecular Hbond substituents is 1. The average Bonchev–Trinajstić information content (AvgIpc) is 2.84. The number of rotatable bonds is 1. The second kappa shape index (κ2) is 4.85. The summed E-state index contributed by atoms with van der Waals surface area (Å²) in [6, 6.07) is 5.39. The standard InChI is InChI=1S/C15H19NO3/c17-12-7-2-6-11(12)15(19)16-9-3-5-10-4-1-8-13(18)14(10)16/h1,4,8,11-12,17-18H,2-3,5-7,9H2. The highest BCUT2D eigenvalue weighted by Crippen LogP contribution is 2.38. The SMILES string of the molecule is O=C(C1CCCC1O)N1CCCc2cccc(O)c21. The van der Waals surface area contributed by atoms with Crippen LogP contribution in [0.1, 0.15) is 31.2 Å². The highest BCUT2D eigenvalue weighted by Gasteiger charge is 2.36. The number of amides is 1. The van der Waals surface area contributed by atoms with Gasteiger partial charge < -0.3 is 15.1 Å². The summed E-state index contributed by atoms with van der Waals surface area (Å²) in [5, 5.41) is 19.9. The van der Waals surface area contributed by atoms with Crippen LogP contribution in [0, 0.1) is 5.92 Å². The zero-order chi connectivity index (χ0) is 13.4. The Morgan fingerprint density at radius 2 is 2.11 bits per heavy atom. The van der Waals surface area contributed by atoms with E-state index in [1.165, 1.54) is 0 Å². The van der Waals surface area contributed by atoms with Crippen molar-refractivity contribution in [2.45, 2.75) is 38.2 Å². The van der Waals surface area contributed by atoms with Gasteiger partial charge in [0.1, 0.15) is 5.75 Å². The third kappa shape index (κ3) is 2.10. The molecular formula is C15H19NO3. The van der Waals surface area contributed by atoms with Crippen LogP contribution in [0.25, 0.3) is 0 Å². The molecule has 2 unspecified atom stereocenters. The highest BCUT2D eigenvalue weighted by molar-refractivity contribution is 5.98. The van der Waals surface area contributed by atoms with Crippen LogP contribution < -0.4 is 4.90 Å². The van der Waals surface area contributed by atoms with Gasteiger partial charge in [0, 0.05) is 6.54 Å². The van der Waals surface area contributed by atoms with Crippen LogP contribution in [-0.4, -0.2) is 28.8 Å². The van der Waals surface area contributed by atoms with Crippen molar-refractivity contribution >= 4 is 11.6 Å². The molecule has 1 fully saturated rings. The van der Waals surface area contributed by atoms with Crippen LogP contribution in [0.4, 0.5) is 5.69 Å². The molecule has 0 saturated heterocycles. The lowest BCUT2D eigenvalue weighted by Gasteiger charge is -2.32. The Labute approximate surface area is 112 Å². The van der Waals surface area contributed by atoms with Gasteiger partial charge >= 0.3 is 0 Å². The molecular weight excluding hydrogens is 242 g/mol. The summed E-state index contributed by atoms with van der Waals surface area (Å²) in [5.74, 6) is -0.170. The summed E-state index contributed by atoms with van der Waals surface area (Å²) >= 11 is 0. The van der Waals surface area contributed by atoms with Gasteiger partial charge in [0.25, 0.3) is 0 Å². The number of phenols is 1. The minimum Gasteiger partial charge on any atom is -0.506 e. The second-order valence-corrected chi connectivity index (χ2v) is 5.48. The first-order valence-corrected chi connectivity index (χ1v) is 6.99. The Bertz CT molecular complexity index is 500. The van der Waals surface area contributed by atoms with E-state index in [9.17, 15) is 15.0 Å². The maximum atomic E-state index is 12.6. The van der Waals surface area contributed by atoms with Gasteiger partial charge in [0.05, 0.1) is 17.7 Å². The quantitative estimate of drug-likeness (QED) is 0.810. The van der Waals surface area contributed by atoms with Crippen molar-refractivity contribution < 1.29 is 15.0 Å². The number of hydrogen-bond donors (Lipinski definition) is 2. The van der Waals surface area contributed by atoms with Gasteiger partial charge in [0.2, 0.25) is 5.91 Å². The topological polar surface area (TPSA) is 60.8 Å². The first kappa shape index (κ1) is 12.5. The minimum absolute atomic E-state index is 0.0348. The molecule has 1 aromatic carbocycles. The molecule has 0 spiro atoms. The molecule has 0 aromatic heterocycles. The molecule has 19 heavy (non-hydrogen) atoms. The van der Waals surface area contributed by atoms with Crippen molar-refractivity contribution in [3.05, 3.63) is 23.8 Å². The van der Waals surface area contributed by atoms with Crippen molar-refractivity contribution in [3.8, 4) is 5.75 Å². The molecule has 2 aliphatic rings. The largest absolute Gasteiger partial charge is 0.506 e. The minimum atomic E-state index is -0.524. The zero-order valence-corrected chi connectivity index (χ0v) is 10.9. The van der Waals surface area contributed by atoms with Gasteiger partial charge in [-0.2, -0.15) is 0 Å². The number of para-hydroxylation sites is 1. The predicted octanol–water partition coefficient (Wildman–Crippen LogP) is 1.83. The molecule has 1 aromatic rings. The Balaban J connectivity index is 1.93. The normalized spacial score (nSPS) is 26.3. The van der Waals surface area contributed by atoms with Crippen LogP contribution >= 0.6 is 0 Å². The molecule has 4 nitrogen and oxygen atoms in total. The number of aliphatic hydroxyl groups is 1. The third-order valence-electron chi connectivity index (χ3n) is 4.26. The predicted molar refractivity (Wildman–Crippen MR) is 72.1 cm³/mol. The fourth-order valence-electron chi connectivity index (χ4n) is 3.28. The Hall–Kier alpha value is -1.55. The number of aliphatic hydroxyl groups excluding tert-OH is 1. The molecule has 1 aliphatic carbocycles. The van der Waals surface area contributed by atoms with Crippen LogP contribution in [0.2, 0.25) is 0 Å². The maximum Gasteiger partial charge on any atom is 0.232 e. The third-order valence-corrected chi connectivity index (χ3v) is 4.26. The van der Waals surface area contributed by atoms with Gasteiger partial charge in [-0.3, -0.25) is 4.79 Å². The van der Waals surface area contributed by atoms with E-state index in [2.05, 4.69) is 0 Å². The van der Waals surface area contributed by atoms with E-state index < -0.39 is 6.10 Å². The number of anilines is 1. The Morgan fingerprint density at radius 1 is 1.26 bits per heavy atom. The van der Waals surface area contributed by atoms with Crippen molar-refractivity contribution in [3.63, 3.8) is 0 Å². The molecule has 1 heterocycles. The van der Waals surface area contributed by atoms with E-state index in [-0.39, 0.29) is 17.6 Å². The summed E-state index contributed by atoms with van der Waals surface area (Å²) < 4.78 is 0. The van der Waals surface area contributed by atoms with Crippen LogP contribution in [0.5, 0.6) is 5.75 Å². The molecule has 102 valence electrons. The molecule has 3 rings (SSSR count). The number of nitrogens with zero attached hydrogens (tertiary/aromatic N) is 1. The molecule has 1 aliphatic heterocycles. The van der Waals surface area contributed by atoms with E-state index in [4.69, 9.17) is 0 Å². The lowest BCUT2D eigenvalue weighted by atomic mass is 9.97. The number of hydrogen-bond acceptors (Lipinski definition) is 3. The van der Waals surface area contributed by atoms with Gasteiger partial charge in [-0.25, -0.2) is 0 Å². The fraction of sp³-hybridized carbons (Fsp3) is 0.533. The van der Waals surface area contributed by atoms with Gasteiger partial charge in [-0.15, -0.1) is 0 Å². The number of carbonyl (C=O) groups excluding carboxylic acids is 1. The lowest BCUT2D eigenvalue weighted by molar-refractivity contribution is -0.124. The van der Waals surface area contributed by atoms with E-state index >= 15 is 0 Å². The molecule has 0 bridgehead atoms. The van der Waals surface area contributed by atoms with E-state index in [0.29, 0.717) is 18.7 Å². The molecule has 4 heteroatoms. The Kier molecular flexibility index (Phi) is 3.19. The summed E-state index contributed by atoms with van der Waals surface area (Å²) in [5.41, 5.74) is 1.67. The summed E-state index contributed by atoms with van der Waals surface area (Å²) in [4.78, 5) is 14.3. The number of carbonyl (C=O) groups is 1. The average molecular weight is 261 g/mol. The maximum absolute atomic E-state index is 12.6.